The fraction of sp³-hybridized carbons (Fsp3) is 0.824. The maximum Gasteiger partial charge on any atom is 0.0937 e. The number of hydroxylamine groups is 2. The largest absolute Gasteiger partial charge is 0.394 e. The van der Waals surface area contributed by atoms with E-state index in [0.717, 1.165) is 17.5 Å². The molecule has 24 heavy (non-hydrogen) atoms. The lowest BCUT2D eigenvalue weighted by Gasteiger charge is -2.54. The number of nitrogens with zero attached hydrogens (tertiary/aromatic N) is 2. The van der Waals surface area contributed by atoms with Crippen molar-refractivity contribution in [1.82, 2.24) is 15.7 Å². The van der Waals surface area contributed by atoms with Gasteiger partial charge in [-0.2, -0.15) is 5.06 Å². The van der Waals surface area contributed by atoms with Crippen molar-refractivity contribution in [2.75, 3.05) is 46.1 Å². The van der Waals surface area contributed by atoms with Gasteiger partial charge in [0, 0.05) is 40.4 Å². The second kappa shape index (κ2) is 8.51. The number of hydrogen-bond donors (Lipinski definition) is 5. The van der Waals surface area contributed by atoms with Crippen molar-refractivity contribution >= 4 is 6.21 Å². The summed E-state index contributed by atoms with van der Waals surface area (Å²) in [4.78, 5) is 4.33. The van der Waals surface area contributed by atoms with E-state index in [1.165, 1.54) is 31.5 Å². The second-order valence-electron chi connectivity index (χ2n) is 7.22. The second-order valence-corrected chi connectivity index (χ2v) is 7.22. The monoisotopic (exact) mass is 342 g/mol. The average Bonchev–Trinajstić information content (AvgIpc) is 2.46. The molecule has 2 saturated heterocycles. The zero-order valence-corrected chi connectivity index (χ0v) is 14.8. The molecule has 7 heteroatoms. The van der Waals surface area contributed by atoms with E-state index in [4.69, 9.17) is 15.4 Å². The van der Waals surface area contributed by atoms with Crippen molar-refractivity contribution in [3.8, 4) is 0 Å². The third kappa shape index (κ3) is 4.41. The molecular weight excluding hydrogens is 308 g/mol. The summed E-state index contributed by atoms with van der Waals surface area (Å²) < 4.78 is 0. The van der Waals surface area contributed by atoms with E-state index < -0.39 is 5.54 Å². The number of aliphatic hydroxyl groups excluding tert-OH is 2. The van der Waals surface area contributed by atoms with E-state index in [9.17, 15) is 0 Å². The predicted molar refractivity (Wildman–Crippen MR) is 96.3 cm³/mol. The molecule has 0 bridgehead atoms. The molecule has 0 aromatic rings. The Morgan fingerprint density at radius 1 is 1.38 bits per heavy atom. The minimum Gasteiger partial charge on any atom is -0.394 e. The molecular formula is C17H34N4O3. The molecule has 0 amide bonds. The molecule has 140 valence electrons. The van der Waals surface area contributed by atoms with Gasteiger partial charge in [-0.15, -0.1) is 0 Å². The summed E-state index contributed by atoms with van der Waals surface area (Å²) >= 11 is 0. The van der Waals surface area contributed by atoms with Crippen LogP contribution in [0.3, 0.4) is 0 Å². The van der Waals surface area contributed by atoms with Crippen LogP contribution in [0.25, 0.3) is 0 Å². The molecule has 2 heterocycles. The highest BCUT2D eigenvalue weighted by Crippen LogP contribution is 2.50. The summed E-state index contributed by atoms with van der Waals surface area (Å²) in [7, 11) is 0. The van der Waals surface area contributed by atoms with E-state index in [1.54, 1.807) is 0 Å². The van der Waals surface area contributed by atoms with E-state index in [1.807, 2.05) is 0 Å². The van der Waals surface area contributed by atoms with Crippen LogP contribution in [0.1, 0.15) is 28.1 Å². The van der Waals surface area contributed by atoms with Crippen LogP contribution in [0.15, 0.2) is 16.6 Å². The minimum absolute atomic E-state index is 0. The first-order valence-corrected chi connectivity index (χ1v) is 8.79. The molecule has 0 unspecified atom stereocenters. The SMILES string of the molecule is C/C=C(\C=NCC)C1CC2(CNC2)C1.OCNC1(CO)CN(O)C1.[HH]. The van der Waals surface area contributed by atoms with Crippen molar-refractivity contribution in [3.05, 3.63) is 11.6 Å². The molecule has 1 aliphatic carbocycles. The highest BCUT2D eigenvalue weighted by molar-refractivity contribution is 5.79. The number of aliphatic hydroxyl groups is 2. The number of nitrogens with one attached hydrogen (secondary N) is 2. The third-order valence-electron chi connectivity index (χ3n) is 5.31. The predicted octanol–water partition coefficient (Wildman–Crippen LogP) is 0.231. The van der Waals surface area contributed by atoms with Gasteiger partial charge in [-0.05, 0) is 43.6 Å². The topological polar surface area (TPSA) is 100 Å². The van der Waals surface area contributed by atoms with Gasteiger partial charge in [-0.1, -0.05) is 6.08 Å². The summed E-state index contributed by atoms with van der Waals surface area (Å²) in [5.74, 6) is 0.789. The lowest BCUT2D eigenvalue weighted by molar-refractivity contribution is -0.197. The first-order valence-electron chi connectivity index (χ1n) is 8.79. The standard InChI is InChI=1S/C12H20N2.C5H12N2O3.H2/c1-3-10(7-13-4-2)11-5-12(6-11)8-14-9-12;8-3-5(6-4-9)1-7(10)2-5;/h3,7,11,14H,4-6,8-9H2,1-2H3;6,8-10H,1-4H2;1H/b10-3+,13-7?;;. The maximum absolute atomic E-state index is 8.77. The molecule has 1 saturated carbocycles. The summed E-state index contributed by atoms with van der Waals surface area (Å²) in [6.45, 7) is 8.09. The summed E-state index contributed by atoms with van der Waals surface area (Å²) in [6.07, 6.45) is 7.04. The van der Waals surface area contributed by atoms with Crippen molar-refractivity contribution in [2.45, 2.75) is 32.2 Å². The van der Waals surface area contributed by atoms with Crippen molar-refractivity contribution in [3.63, 3.8) is 0 Å². The van der Waals surface area contributed by atoms with Crippen LogP contribution >= 0.6 is 0 Å². The molecule has 3 aliphatic rings. The highest BCUT2D eigenvalue weighted by atomic mass is 16.5. The van der Waals surface area contributed by atoms with Gasteiger partial charge in [0.25, 0.3) is 0 Å². The van der Waals surface area contributed by atoms with E-state index in [-0.39, 0.29) is 14.8 Å². The molecule has 1 spiro atoms. The van der Waals surface area contributed by atoms with Crippen LogP contribution in [-0.4, -0.2) is 78.3 Å². The van der Waals surface area contributed by atoms with Gasteiger partial charge >= 0.3 is 0 Å². The van der Waals surface area contributed by atoms with Gasteiger partial charge < -0.3 is 20.7 Å². The fourth-order valence-corrected chi connectivity index (χ4v) is 3.69. The van der Waals surface area contributed by atoms with Gasteiger partial charge in [-0.3, -0.25) is 10.3 Å². The Bertz CT molecular complexity index is 449. The van der Waals surface area contributed by atoms with Gasteiger partial charge in [-0.25, -0.2) is 0 Å². The quantitative estimate of drug-likeness (QED) is 0.350. The lowest BCUT2D eigenvalue weighted by atomic mass is 9.57. The summed E-state index contributed by atoms with van der Waals surface area (Å²) in [5, 5.41) is 33.1. The van der Waals surface area contributed by atoms with Crippen molar-refractivity contribution in [1.29, 1.82) is 0 Å². The van der Waals surface area contributed by atoms with Crippen LogP contribution in [0, 0.1) is 11.3 Å². The first-order chi connectivity index (χ1) is 11.5. The van der Waals surface area contributed by atoms with Crippen LogP contribution < -0.4 is 10.6 Å². The minimum atomic E-state index is -0.483. The molecule has 0 aromatic heterocycles. The van der Waals surface area contributed by atoms with Crippen LogP contribution in [0.2, 0.25) is 0 Å². The van der Waals surface area contributed by atoms with E-state index in [2.05, 4.69) is 41.8 Å². The van der Waals surface area contributed by atoms with Crippen molar-refractivity contribution < 1.29 is 16.8 Å². The molecule has 2 aliphatic heterocycles. The molecule has 3 fully saturated rings. The first kappa shape index (κ1) is 19.5. The zero-order valence-electron chi connectivity index (χ0n) is 14.8. The van der Waals surface area contributed by atoms with Gasteiger partial charge in [0.1, 0.15) is 0 Å². The number of rotatable bonds is 6. The Hall–Kier alpha value is -0.830. The van der Waals surface area contributed by atoms with Crippen molar-refractivity contribution in [2.24, 2.45) is 16.3 Å². The Balaban J connectivity index is 0.000000254. The summed E-state index contributed by atoms with van der Waals surface area (Å²) in [5.41, 5.74) is 1.65. The van der Waals surface area contributed by atoms with E-state index >= 15 is 0 Å². The summed E-state index contributed by atoms with van der Waals surface area (Å²) in [6, 6.07) is 0. The van der Waals surface area contributed by atoms with Crippen LogP contribution in [0.5, 0.6) is 0 Å². The smallest absolute Gasteiger partial charge is 0.0937 e. The normalized spacial score (nSPS) is 25.6. The number of aliphatic imine (C=N–C) groups is 1. The molecule has 0 atom stereocenters. The molecule has 0 radical (unpaired) electrons. The molecule has 5 N–H and O–H groups in total. The molecule has 3 rings (SSSR count). The third-order valence-corrected chi connectivity index (χ3v) is 5.31. The van der Waals surface area contributed by atoms with Gasteiger partial charge in [0.05, 0.1) is 18.9 Å². The zero-order chi connectivity index (χ0) is 17.6. The number of hydrogen-bond acceptors (Lipinski definition) is 7. The Morgan fingerprint density at radius 3 is 2.42 bits per heavy atom. The Labute approximate surface area is 145 Å². The van der Waals surface area contributed by atoms with Gasteiger partial charge in [0.15, 0.2) is 0 Å². The Morgan fingerprint density at radius 2 is 2.04 bits per heavy atom. The van der Waals surface area contributed by atoms with Gasteiger partial charge in [0.2, 0.25) is 0 Å². The maximum atomic E-state index is 8.77. The van der Waals surface area contributed by atoms with Crippen LogP contribution in [0.4, 0.5) is 0 Å². The fourth-order valence-electron chi connectivity index (χ4n) is 3.69. The molecule has 7 nitrogen and oxygen atoms in total. The lowest BCUT2D eigenvalue weighted by Crippen LogP contribution is -2.70. The highest BCUT2D eigenvalue weighted by Gasteiger charge is 2.48. The van der Waals surface area contributed by atoms with Crippen LogP contribution in [-0.2, 0) is 0 Å². The molecule has 0 aromatic carbocycles. The average molecular weight is 342 g/mol. The van der Waals surface area contributed by atoms with E-state index in [0.29, 0.717) is 18.5 Å². The number of allylic oxidation sites excluding steroid dienone is 2. The Kier molecular flexibility index (Phi) is 6.91.